The molecule has 0 spiro atoms. The lowest BCUT2D eigenvalue weighted by atomic mass is 9.87. The smallest absolute Gasteiger partial charge is 0.0944 e. The molecule has 0 fully saturated rings. The molecule has 0 saturated carbocycles. The highest BCUT2D eigenvalue weighted by molar-refractivity contribution is 4.73. The normalized spacial score (nSPS) is 11.8. The molecule has 0 aromatic heterocycles. The van der Waals surface area contributed by atoms with E-state index < -0.39 is 0 Å². The van der Waals surface area contributed by atoms with Crippen LogP contribution >= 0.6 is 0 Å². The van der Waals surface area contributed by atoms with E-state index in [2.05, 4.69) is 34.9 Å². The van der Waals surface area contributed by atoms with Gasteiger partial charge < -0.3 is 17.3 Å². The lowest BCUT2D eigenvalue weighted by Crippen LogP contribution is -3.14. The summed E-state index contributed by atoms with van der Waals surface area (Å²) in [5.74, 6) is 0. The number of quaternary nitrogens is 1. The highest BCUT2D eigenvalue weighted by atomic mass is 35.5. The largest absolute Gasteiger partial charge is 1.00 e. The molecule has 0 aliphatic carbocycles. The summed E-state index contributed by atoms with van der Waals surface area (Å²) in [5, 5.41) is 0. The van der Waals surface area contributed by atoms with Crippen molar-refractivity contribution < 1.29 is 17.3 Å². The maximum atomic E-state index is 2.53. The summed E-state index contributed by atoms with van der Waals surface area (Å²) in [6, 6.07) is 0. The molecule has 0 unspecified atom stereocenters. The molecule has 0 bridgehead atoms. The van der Waals surface area contributed by atoms with Gasteiger partial charge in [0.2, 0.25) is 0 Å². The Bertz CT molecular complexity index is 245. The van der Waals surface area contributed by atoms with Crippen molar-refractivity contribution in [2.24, 2.45) is 0 Å². The standard InChI is InChI=1S/C24H51N.ClH/c1-6-8-10-12-14-16-18-20-22-24(3,25(4)5)23-21-19-17-15-13-11-9-7-2;/h6-23H2,1-5H3;1H. The third-order valence-corrected chi connectivity index (χ3v) is 6.37. The van der Waals surface area contributed by atoms with Crippen LogP contribution in [0, 0.1) is 0 Å². The zero-order chi connectivity index (χ0) is 18.8. The van der Waals surface area contributed by atoms with E-state index in [1.54, 1.807) is 4.90 Å². The van der Waals surface area contributed by atoms with Crippen LogP contribution in [-0.4, -0.2) is 19.6 Å². The molecule has 0 heterocycles. The molecule has 160 valence electrons. The van der Waals surface area contributed by atoms with Gasteiger partial charge in [-0.2, -0.15) is 0 Å². The van der Waals surface area contributed by atoms with Crippen molar-refractivity contribution in [3.05, 3.63) is 0 Å². The van der Waals surface area contributed by atoms with Gasteiger partial charge >= 0.3 is 0 Å². The number of rotatable bonds is 19. The molecular weight excluding hydrogens is 338 g/mol. The number of hydrogen-bond acceptors (Lipinski definition) is 0. The van der Waals surface area contributed by atoms with Crippen LogP contribution in [0.25, 0.3) is 0 Å². The van der Waals surface area contributed by atoms with Gasteiger partial charge in [0.05, 0.1) is 19.6 Å². The Morgan fingerprint density at radius 2 is 0.769 bits per heavy atom. The van der Waals surface area contributed by atoms with Gasteiger partial charge in [0.25, 0.3) is 0 Å². The minimum Gasteiger partial charge on any atom is -1.00 e. The number of halogens is 1. The van der Waals surface area contributed by atoms with Crippen LogP contribution in [0.3, 0.4) is 0 Å². The van der Waals surface area contributed by atoms with Gasteiger partial charge in [-0.3, -0.25) is 0 Å². The van der Waals surface area contributed by atoms with Crippen molar-refractivity contribution in [3.63, 3.8) is 0 Å². The monoisotopic (exact) mass is 389 g/mol. The summed E-state index contributed by atoms with van der Waals surface area (Å²) in [4.78, 5) is 1.67. The van der Waals surface area contributed by atoms with E-state index in [1.807, 2.05) is 0 Å². The van der Waals surface area contributed by atoms with E-state index >= 15 is 0 Å². The average molecular weight is 390 g/mol. The molecule has 1 N–H and O–H groups in total. The first kappa shape index (κ1) is 28.5. The van der Waals surface area contributed by atoms with Gasteiger partial charge in [0.1, 0.15) is 0 Å². The molecule has 0 amide bonds. The summed E-state index contributed by atoms with van der Waals surface area (Å²) < 4.78 is 0. The van der Waals surface area contributed by atoms with Crippen LogP contribution < -0.4 is 17.3 Å². The summed E-state index contributed by atoms with van der Waals surface area (Å²) in [5.41, 5.74) is 0.504. The van der Waals surface area contributed by atoms with E-state index in [0.717, 1.165) is 0 Å². The fourth-order valence-electron chi connectivity index (χ4n) is 3.92. The van der Waals surface area contributed by atoms with Crippen LogP contribution in [0.4, 0.5) is 0 Å². The van der Waals surface area contributed by atoms with E-state index in [0.29, 0.717) is 5.54 Å². The van der Waals surface area contributed by atoms with Crippen molar-refractivity contribution >= 4 is 0 Å². The first-order valence-electron chi connectivity index (χ1n) is 11.9. The van der Waals surface area contributed by atoms with E-state index in [1.165, 1.54) is 116 Å². The SMILES string of the molecule is CCCCCCCCCCC(C)(CCCCCCCCCC)[NH+](C)C.[Cl-]. The fourth-order valence-corrected chi connectivity index (χ4v) is 3.92. The highest BCUT2D eigenvalue weighted by Crippen LogP contribution is 2.20. The Labute approximate surface area is 173 Å². The van der Waals surface area contributed by atoms with Crippen LogP contribution in [0.2, 0.25) is 0 Å². The average Bonchev–Trinajstić information content (AvgIpc) is 2.59. The quantitative estimate of drug-likeness (QED) is 0.319. The number of unbranched alkanes of at least 4 members (excludes halogenated alkanes) is 14. The highest BCUT2D eigenvalue weighted by Gasteiger charge is 2.29. The molecule has 0 aliphatic rings. The maximum Gasteiger partial charge on any atom is 0.0944 e. The molecule has 26 heavy (non-hydrogen) atoms. The predicted molar refractivity (Wildman–Crippen MR) is 116 cm³/mol. The van der Waals surface area contributed by atoms with Crippen LogP contribution in [0.1, 0.15) is 136 Å². The Kier molecular flexibility index (Phi) is 21.9. The molecule has 0 aromatic carbocycles. The molecule has 0 atom stereocenters. The van der Waals surface area contributed by atoms with Gasteiger partial charge in [-0.05, 0) is 19.8 Å². The van der Waals surface area contributed by atoms with Crippen LogP contribution in [-0.2, 0) is 0 Å². The van der Waals surface area contributed by atoms with E-state index in [9.17, 15) is 0 Å². The molecule has 0 aromatic rings. The lowest BCUT2D eigenvalue weighted by Gasteiger charge is -2.33. The topological polar surface area (TPSA) is 4.44 Å². The van der Waals surface area contributed by atoms with Gasteiger partial charge in [-0.1, -0.05) is 104 Å². The molecule has 0 saturated heterocycles. The van der Waals surface area contributed by atoms with Crippen molar-refractivity contribution in [3.8, 4) is 0 Å². The Balaban J connectivity index is 0. The molecule has 0 radical (unpaired) electrons. The van der Waals surface area contributed by atoms with Crippen molar-refractivity contribution in [1.82, 2.24) is 0 Å². The van der Waals surface area contributed by atoms with Crippen LogP contribution in [0.5, 0.6) is 0 Å². The van der Waals surface area contributed by atoms with Gasteiger partial charge in [0, 0.05) is 12.8 Å². The second-order valence-electron chi connectivity index (χ2n) is 9.01. The number of hydrogen-bond donors (Lipinski definition) is 1. The van der Waals surface area contributed by atoms with Crippen molar-refractivity contribution in [2.45, 2.75) is 142 Å². The van der Waals surface area contributed by atoms with E-state index in [-0.39, 0.29) is 12.4 Å². The van der Waals surface area contributed by atoms with E-state index in [4.69, 9.17) is 0 Å². The van der Waals surface area contributed by atoms with Gasteiger partial charge in [0.15, 0.2) is 0 Å². The third-order valence-electron chi connectivity index (χ3n) is 6.37. The second-order valence-corrected chi connectivity index (χ2v) is 9.01. The maximum absolute atomic E-state index is 2.53. The summed E-state index contributed by atoms with van der Waals surface area (Å²) >= 11 is 0. The summed E-state index contributed by atoms with van der Waals surface area (Å²) in [7, 11) is 4.74. The molecule has 1 nitrogen and oxygen atoms in total. The Morgan fingerprint density at radius 1 is 0.500 bits per heavy atom. The summed E-state index contributed by atoms with van der Waals surface area (Å²) in [6.45, 7) is 7.14. The lowest BCUT2D eigenvalue weighted by molar-refractivity contribution is -0.914. The molecule has 0 rings (SSSR count). The van der Waals surface area contributed by atoms with Gasteiger partial charge in [-0.25, -0.2) is 0 Å². The molecule has 0 aliphatic heterocycles. The second kappa shape index (κ2) is 20.0. The zero-order valence-electron chi connectivity index (χ0n) is 19.1. The zero-order valence-corrected chi connectivity index (χ0v) is 19.9. The Morgan fingerprint density at radius 3 is 1.04 bits per heavy atom. The first-order valence-corrected chi connectivity index (χ1v) is 11.9. The summed E-state index contributed by atoms with van der Waals surface area (Å²) in [6.07, 6.45) is 25.9. The first-order chi connectivity index (χ1) is 12.1. The minimum absolute atomic E-state index is 0. The molecule has 2 heteroatoms. The molecular formula is C24H52ClN. The fraction of sp³-hybridized carbons (Fsp3) is 1.00. The number of nitrogens with one attached hydrogen (secondary N) is 1. The minimum atomic E-state index is 0. The van der Waals surface area contributed by atoms with Crippen molar-refractivity contribution in [2.75, 3.05) is 14.1 Å². The Hall–Kier alpha value is 0.250. The predicted octanol–water partition coefficient (Wildman–Crippen LogP) is 3.96. The third kappa shape index (κ3) is 16.4. The van der Waals surface area contributed by atoms with Crippen LogP contribution in [0.15, 0.2) is 0 Å². The van der Waals surface area contributed by atoms with Gasteiger partial charge in [-0.15, -0.1) is 0 Å². The van der Waals surface area contributed by atoms with Crippen molar-refractivity contribution in [1.29, 1.82) is 0 Å².